The average Bonchev–Trinajstić information content (AvgIpc) is 2.41. The Hall–Kier alpha value is -1.32. The fourth-order valence-corrected chi connectivity index (χ4v) is 2.32. The number of benzene rings is 2. The highest BCUT2D eigenvalue weighted by Crippen LogP contribution is 2.27. The molecule has 2 aromatic rings. The van der Waals surface area contributed by atoms with Crippen molar-refractivity contribution in [2.45, 2.75) is 13.3 Å². The first-order valence-electron chi connectivity index (χ1n) is 5.86. The second-order valence-corrected chi connectivity index (χ2v) is 5.31. The molecule has 98 valence electrons. The van der Waals surface area contributed by atoms with Crippen LogP contribution >= 0.6 is 27.5 Å². The van der Waals surface area contributed by atoms with E-state index in [1.54, 1.807) is 30.3 Å². The van der Waals surface area contributed by atoms with Crippen LogP contribution in [0.3, 0.4) is 0 Å². The van der Waals surface area contributed by atoms with E-state index in [0.29, 0.717) is 16.3 Å². The highest BCUT2D eigenvalue weighted by molar-refractivity contribution is 9.10. The number of rotatable bonds is 3. The summed E-state index contributed by atoms with van der Waals surface area (Å²) in [4.78, 5) is 12.0. The van der Waals surface area contributed by atoms with Crippen LogP contribution in [0, 0.1) is 0 Å². The molecule has 0 aromatic heterocycles. The Morgan fingerprint density at radius 1 is 1.26 bits per heavy atom. The van der Waals surface area contributed by atoms with E-state index in [-0.39, 0.29) is 0 Å². The monoisotopic (exact) mass is 338 g/mol. The van der Waals surface area contributed by atoms with Crippen LogP contribution in [-0.4, -0.2) is 5.97 Å². The van der Waals surface area contributed by atoms with Gasteiger partial charge in [0.15, 0.2) is 0 Å². The Morgan fingerprint density at radius 3 is 2.68 bits per heavy atom. The third-order valence-corrected chi connectivity index (χ3v) is 3.52. The molecule has 0 radical (unpaired) electrons. The highest BCUT2D eigenvalue weighted by Gasteiger charge is 2.11. The Bertz CT molecular complexity index is 611. The van der Waals surface area contributed by atoms with Crippen molar-refractivity contribution in [1.82, 2.24) is 0 Å². The molecule has 0 amide bonds. The molecular formula is C15H12BrClO2. The van der Waals surface area contributed by atoms with E-state index in [0.717, 1.165) is 10.9 Å². The van der Waals surface area contributed by atoms with Crippen molar-refractivity contribution in [2.75, 3.05) is 0 Å². The van der Waals surface area contributed by atoms with Crippen molar-refractivity contribution in [3.63, 3.8) is 0 Å². The summed E-state index contributed by atoms with van der Waals surface area (Å²) in [6.07, 6.45) is 0.932. The summed E-state index contributed by atoms with van der Waals surface area (Å²) < 4.78 is 6.11. The minimum atomic E-state index is -0.424. The molecule has 2 rings (SSSR count). The number of carbonyl (C=O) groups is 1. The Kier molecular flexibility index (Phi) is 4.61. The maximum Gasteiger partial charge on any atom is 0.343 e. The predicted molar refractivity (Wildman–Crippen MR) is 79.9 cm³/mol. The zero-order valence-electron chi connectivity index (χ0n) is 10.3. The van der Waals surface area contributed by atoms with Gasteiger partial charge < -0.3 is 4.74 Å². The third kappa shape index (κ3) is 3.58. The summed E-state index contributed by atoms with van der Waals surface area (Å²) in [5.74, 6) is 0.0784. The molecular weight excluding hydrogens is 328 g/mol. The van der Waals surface area contributed by atoms with Crippen LogP contribution < -0.4 is 4.74 Å². The average molecular weight is 340 g/mol. The van der Waals surface area contributed by atoms with Gasteiger partial charge in [-0.1, -0.05) is 30.7 Å². The van der Waals surface area contributed by atoms with Crippen LogP contribution in [0.4, 0.5) is 0 Å². The number of carbonyl (C=O) groups excluding carboxylic acids is 1. The molecule has 0 aliphatic rings. The van der Waals surface area contributed by atoms with Gasteiger partial charge in [0, 0.05) is 5.02 Å². The fraction of sp³-hybridized carbons (Fsp3) is 0.133. The Balaban J connectivity index is 2.19. The summed E-state index contributed by atoms with van der Waals surface area (Å²) in [6, 6.07) is 12.3. The predicted octanol–water partition coefficient (Wildman–Crippen LogP) is 4.88. The molecule has 0 unspecified atom stereocenters. The van der Waals surface area contributed by atoms with Gasteiger partial charge in [-0.15, -0.1) is 0 Å². The van der Waals surface area contributed by atoms with Gasteiger partial charge in [-0.05, 0) is 58.2 Å². The molecule has 0 bridgehead atoms. The zero-order valence-corrected chi connectivity index (χ0v) is 12.7. The first kappa shape index (κ1) is 14.1. The van der Waals surface area contributed by atoms with E-state index >= 15 is 0 Å². The highest BCUT2D eigenvalue weighted by atomic mass is 79.9. The van der Waals surface area contributed by atoms with Gasteiger partial charge in [-0.25, -0.2) is 4.79 Å². The second-order valence-electron chi connectivity index (χ2n) is 4.02. The molecule has 2 nitrogen and oxygen atoms in total. The molecule has 0 fully saturated rings. The molecule has 0 spiro atoms. The molecule has 0 saturated carbocycles. The third-order valence-electron chi connectivity index (χ3n) is 2.67. The lowest BCUT2D eigenvalue weighted by molar-refractivity contribution is 0.0733. The number of hydrogen-bond donors (Lipinski definition) is 0. The van der Waals surface area contributed by atoms with Crippen LogP contribution in [0.1, 0.15) is 22.8 Å². The quantitative estimate of drug-likeness (QED) is 0.588. The normalized spacial score (nSPS) is 10.3. The summed E-state index contributed by atoms with van der Waals surface area (Å²) in [5.41, 5.74) is 1.60. The number of aryl methyl sites for hydroxylation is 1. The van der Waals surface area contributed by atoms with Gasteiger partial charge in [0.2, 0.25) is 0 Å². The van der Waals surface area contributed by atoms with Crippen LogP contribution in [0.2, 0.25) is 5.02 Å². The smallest absolute Gasteiger partial charge is 0.343 e. The molecule has 0 aliphatic heterocycles. The van der Waals surface area contributed by atoms with Gasteiger partial charge in [-0.2, -0.15) is 0 Å². The number of esters is 1. The van der Waals surface area contributed by atoms with Gasteiger partial charge in [0.1, 0.15) is 5.75 Å². The molecule has 4 heteroatoms. The van der Waals surface area contributed by atoms with Crippen molar-refractivity contribution in [3.05, 3.63) is 63.1 Å². The lowest BCUT2D eigenvalue weighted by Crippen LogP contribution is -2.08. The zero-order chi connectivity index (χ0) is 13.8. The molecule has 2 aromatic carbocycles. The maximum atomic E-state index is 12.0. The number of ether oxygens (including phenoxy) is 1. The van der Waals surface area contributed by atoms with Crippen molar-refractivity contribution < 1.29 is 9.53 Å². The first-order valence-corrected chi connectivity index (χ1v) is 7.03. The van der Waals surface area contributed by atoms with Crippen molar-refractivity contribution in [3.8, 4) is 5.75 Å². The van der Waals surface area contributed by atoms with Gasteiger partial charge in [0.05, 0.1) is 10.0 Å². The SMILES string of the molecule is CCc1ccc(OC(=O)c2cccc(Cl)c2)c(Br)c1. The van der Waals surface area contributed by atoms with Gasteiger partial charge in [-0.3, -0.25) is 0 Å². The Labute approximate surface area is 125 Å². The molecule has 19 heavy (non-hydrogen) atoms. The van der Waals surface area contributed by atoms with Crippen LogP contribution in [0.15, 0.2) is 46.9 Å². The first-order chi connectivity index (χ1) is 9.10. The van der Waals surface area contributed by atoms with Crippen molar-refractivity contribution in [1.29, 1.82) is 0 Å². The van der Waals surface area contributed by atoms with Crippen molar-refractivity contribution in [2.24, 2.45) is 0 Å². The van der Waals surface area contributed by atoms with E-state index in [9.17, 15) is 4.79 Å². The van der Waals surface area contributed by atoms with Crippen molar-refractivity contribution >= 4 is 33.5 Å². The minimum absolute atomic E-state index is 0.424. The molecule has 0 saturated heterocycles. The van der Waals surface area contributed by atoms with Crippen LogP contribution in [0.5, 0.6) is 5.75 Å². The topological polar surface area (TPSA) is 26.3 Å². The van der Waals surface area contributed by atoms with E-state index < -0.39 is 5.97 Å². The maximum absolute atomic E-state index is 12.0. The van der Waals surface area contributed by atoms with Gasteiger partial charge in [0.25, 0.3) is 0 Å². The van der Waals surface area contributed by atoms with E-state index in [4.69, 9.17) is 16.3 Å². The largest absolute Gasteiger partial charge is 0.422 e. The lowest BCUT2D eigenvalue weighted by atomic mass is 10.2. The standard InChI is InChI=1S/C15H12BrClO2/c1-2-10-6-7-14(13(16)8-10)19-15(18)11-4-3-5-12(17)9-11/h3-9H,2H2,1H3. The summed E-state index contributed by atoms with van der Waals surface area (Å²) in [5, 5.41) is 0.509. The molecule has 0 N–H and O–H groups in total. The van der Waals surface area contributed by atoms with E-state index in [2.05, 4.69) is 22.9 Å². The van der Waals surface area contributed by atoms with Gasteiger partial charge >= 0.3 is 5.97 Å². The second kappa shape index (κ2) is 6.22. The molecule has 0 heterocycles. The summed E-state index contributed by atoms with van der Waals surface area (Å²) in [6.45, 7) is 2.07. The number of hydrogen-bond acceptors (Lipinski definition) is 2. The lowest BCUT2D eigenvalue weighted by Gasteiger charge is -2.08. The summed E-state index contributed by atoms with van der Waals surface area (Å²) in [7, 11) is 0. The number of halogens is 2. The fourth-order valence-electron chi connectivity index (χ4n) is 1.62. The molecule has 0 aliphatic carbocycles. The van der Waals surface area contributed by atoms with Crippen LogP contribution in [-0.2, 0) is 6.42 Å². The minimum Gasteiger partial charge on any atom is -0.422 e. The van der Waals surface area contributed by atoms with E-state index in [1.165, 1.54) is 5.56 Å². The Morgan fingerprint density at radius 2 is 2.05 bits per heavy atom. The summed E-state index contributed by atoms with van der Waals surface area (Å²) >= 11 is 9.25. The van der Waals surface area contributed by atoms with Crippen LogP contribution in [0.25, 0.3) is 0 Å². The molecule has 0 atom stereocenters. The van der Waals surface area contributed by atoms with E-state index in [1.807, 2.05) is 12.1 Å².